The number of methoxy groups -OCH3 is 1. The fourth-order valence-corrected chi connectivity index (χ4v) is 1.81. The molecule has 0 saturated carbocycles. The molecule has 0 fully saturated rings. The van der Waals surface area contributed by atoms with Crippen LogP contribution >= 0.6 is 0 Å². The van der Waals surface area contributed by atoms with Crippen LogP contribution in [0.1, 0.15) is 25.8 Å². The van der Waals surface area contributed by atoms with Crippen LogP contribution in [0.3, 0.4) is 0 Å². The second kappa shape index (κ2) is 7.42. The van der Waals surface area contributed by atoms with Crippen LogP contribution in [0.4, 0.5) is 11.8 Å². The Hall–Kier alpha value is -2.37. The molecule has 6 heteroatoms. The zero-order valence-electron chi connectivity index (χ0n) is 12.6. The van der Waals surface area contributed by atoms with E-state index in [1.165, 1.54) is 0 Å². The average Bonchev–Trinajstić information content (AvgIpc) is 2.53. The first-order valence-corrected chi connectivity index (χ1v) is 7.05. The van der Waals surface area contributed by atoms with Crippen molar-refractivity contribution in [2.24, 2.45) is 0 Å². The van der Waals surface area contributed by atoms with Crippen LogP contribution < -0.4 is 15.4 Å². The third kappa shape index (κ3) is 4.30. The smallest absolute Gasteiger partial charge is 0.244 e. The first-order chi connectivity index (χ1) is 10.2. The highest BCUT2D eigenvalue weighted by Gasteiger charge is 2.05. The summed E-state index contributed by atoms with van der Waals surface area (Å²) in [6, 6.07) is 8.19. The normalized spacial score (nSPS) is 11.8. The van der Waals surface area contributed by atoms with Crippen molar-refractivity contribution in [1.29, 1.82) is 0 Å². The van der Waals surface area contributed by atoms with Crippen molar-refractivity contribution < 1.29 is 4.74 Å². The third-order valence-electron chi connectivity index (χ3n) is 3.20. The molecular weight excluding hydrogens is 266 g/mol. The minimum absolute atomic E-state index is 0.316. The molecule has 2 aromatic rings. The summed E-state index contributed by atoms with van der Waals surface area (Å²) in [5.74, 6) is 2.07. The first-order valence-electron chi connectivity index (χ1n) is 7.05. The van der Waals surface area contributed by atoms with Crippen LogP contribution in [0.2, 0.25) is 0 Å². The Labute approximate surface area is 125 Å². The highest BCUT2D eigenvalue weighted by molar-refractivity contribution is 5.41. The number of benzene rings is 1. The molecule has 0 bridgehead atoms. The highest BCUT2D eigenvalue weighted by atomic mass is 16.5. The van der Waals surface area contributed by atoms with Crippen molar-refractivity contribution in [3.05, 3.63) is 36.0 Å². The van der Waals surface area contributed by atoms with Crippen molar-refractivity contribution in [2.45, 2.75) is 32.9 Å². The molecule has 1 aromatic heterocycles. The van der Waals surface area contributed by atoms with Crippen LogP contribution in [-0.4, -0.2) is 28.3 Å². The number of nitrogens with one attached hydrogen (secondary N) is 2. The molecule has 2 N–H and O–H groups in total. The van der Waals surface area contributed by atoms with Gasteiger partial charge in [-0.25, -0.2) is 0 Å². The zero-order chi connectivity index (χ0) is 15.1. The summed E-state index contributed by atoms with van der Waals surface area (Å²) in [7, 11) is 1.67. The van der Waals surface area contributed by atoms with Crippen molar-refractivity contribution in [1.82, 2.24) is 15.2 Å². The van der Waals surface area contributed by atoms with E-state index >= 15 is 0 Å². The van der Waals surface area contributed by atoms with Crippen LogP contribution in [0, 0.1) is 0 Å². The molecule has 0 aliphatic rings. The van der Waals surface area contributed by atoms with Gasteiger partial charge < -0.3 is 15.4 Å². The Morgan fingerprint density at radius 1 is 1.29 bits per heavy atom. The number of rotatable bonds is 7. The molecule has 0 radical (unpaired) electrons. The molecule has 2 rings (SSSR count). The molecule has 1 heterocycles. The molecule has 0 spiro atoms. The van der Waals surface area contributed by atoms with E-state index < -0.39 is 0 Å². The van der Waals surface area contributed by atoms with E-state index in [9.17, 15) is 0 Å². The maximum atomic E-state index is 5.32. The van der Waals surface area contributed by atoms with E-state index in [1.54, 1.807) is 13.3 Å². The predicted molar refractivity (Wildman–Crippen MR) is 83.5 cm³/mol. The van der Waals surface area contributed by atoms with Crippen LogP contribution in [-0.2, 0) is 6.54 Å². The standard InChI is InChI=1S/C15H21N5O/c1-4-11(2)18-15-19-14(10-17-20-15)16-9-12-7-5-6-8-13(12)21-3/h5-8,10-11H,4,9H2,1-3H3,(H2,16,18,19,20). The molecule has 6 nitrogen and oxygen atoms in total. The van der Waals surface area contributed by atoms with Gasteiger partial charge in [0.05, 0.1) is 13.3 Å². The van der Waals surface area contributed by atoms with Gasteiger partial charge in [0.25, 0.3) is 0 Å². The van der Waals surface area contributed by atoms with Gasteiger partial charge in [-0.3, -0.25) is 0 Å². The lowest BCUT2D eigenvalue weighted by Gasteiger charge is -2.12. The molecule has 21 heavy (non-hydrogen) atoms. The first kappa shape index (κ1) is 15.0. The molecule has 112 valence electrons. The maximum absolute atomic E-state index is 5.32. The summed E-state index contributed by atoms with van der Waals surface area (Å²) >= 11 is 0. The van der Waals surface area contributed by atoms with Gasteiger partial charge in [-0.05, 0) is 19.4 Å². The van der Waals surface area contributed by atoms with Gasteiger partial charge in [0.1, 0.15) is 5.75 Å². The highest BCUT2D eigenvalue weighted by Crippen LogP contribution is 2.18. The second-order valence-corrected chi connectivity index (χ2v) is 4.78. The largest absolute Gasteiger partial charge is 0.496 e. The van der Waals surface area contributed by atoms with E-state index in [2.05, 4.69) is 39.7 Å². The number of aromatic nitrogens is 3. The fraction of sp³-hybridized carbons (Fsp3) is 0.400. The summed E-state index contributed by atoms with van der Waals surface area (Å²) in [6.45, 7) is 4.80. The molecule has 0 aliphatic heterocycles. The minimum Gasteiger partial charge on any atom is -0.496 e. The van der Waals surface area contributed by atoms with Crippen molar-refractivity contribution in [3.8, 4) is 5.75 Å². The number of hydrogen-bond acceptors (Lipinski definition) is 6. The number of hydrogen-bond donors (Lipinski definition) is 2. The van der Waals surface area contributed by atoms with Gasteiger partial charge in [0, 0.05) is 18.2 Å². The Bertz CT molecular complexity index is 575. The zero-order valence-corrected chi connectivity index (χ0v) is 12.6. The van der Waals surface area contributed by atoms with Gasteiger partial charge in [0.2, 0.25) is 5.95 Å². The molecule has 1 atom stereocenters. The van der Waals surface area contributed by atoms with E-state index in [0.29, 0.717) is 24.4 Å². The summed E-state index contributed by atoms with van der Waals surface area (Å²) in [4.78, 5) is 4.39. The van der Waals surface area contributed by atoms with Crippen molar-refractivity contribution >= 4 is 11.8 Å². The lowest BCUT2D eigenvalue weighted by atomic mass is 10.2. The summed E-state index contributed by atoms with van der Waals surface area (Å²) in [5.41, 5.74) is 1.06. The topological polar surface area (TPSA) is 72.0 Å². The summed E-state index contributed by atoms with van der Waals surface area (Å²) in [5, 5.41) is 14.4. The lowest BCUT2D eigenvalue weighted by Crippen LogP contribution is -2.16. The summed E-state index contributed by atoms with van der Waals surface area (Å²) < 4.78 is 5.32. The third-order valence-corrected chi connectivity index (χ3v) is 3.20. The molecular formula is C15H21N5O. The van der Waals surface area contributed by atoms with E-state index in [1.807, 2.05) is 24.3 Å². The van der Waals surface area contributed by atoms with Gasteiger partial charge in [-0.2, -0.15) is 10.1 Å². The molecule has 0 aliphatic carbocycles. The molecule has 1 unspecified atom stereocenters. The number of ether oxygens (including phenoxy) is 1. The van der Waals surface area contributed by atoms with Crippen LogP contribution in [0.15, 0.2) is 30.5 Å². The number of nitrogens with zero attached hydrogens (tertiary/aromatic N) is 3. The fourth-order valence-electron chi connectivity index (χ4n) is 1.81. The van der Waals surface area contributed by atoms with E-state index in [0.717, 1.165) is 17.7 Å². The summed E-state index contributed by atoms with van der Waals surface area (Å²) in [6.07, 6.45) is 2.61. The van der Waals surface area contributed by atoms with Crippen molar-refractivity contribution in [3.63, 3.8) is 0 Å². The second-order valence-electron chi connectivity index (χ2n) is 4.78. The quantitative estimate of drug-likeness (QED) is 0.816. The van der Waals surface area contributed by atoms with Crippen molar-refractivity contribution in [2.75, 3.05) is 17.7 Å². The predicted octanol–water partition coefficient (Wildman–Crippen LogP) is 2.70. The minimum atomic E-state index is 0.316. The molecule has 0 saturated heterocycles. The number of para-hydroxylation sites is 1. The number of anilines is 2. The maximum Gasteiger partial charge on any atom is 0.244 e. The lowest BCUT2D eigenvalue weighted by molar-refractivity contribution is 0.410. The Kier molecular flexibility index (Phi) is 5.31. The van der Waals surface area contributed by atoms with Crippen LogP contribution in [0.25, 0.3) is 0 Å². The molecule has 1 aromatic carbocycles. The Morgan fingerprint density at radius 3 is 2.86 bits per heavy atom. The molecule has 0 amide bonds. The SMILES string of the molecule is CCC(C)Nc1nncc(NCc2ccccc2OC)n1. The van der Waals surface area contributed by atoms with E-state index in [-0.39, 0.29) is 0 Å². The Balaban J connectivity index is 2.01. The van der Waals surface area contributed by atoms with E-state index in [4.69, 9.17) is 4.74 Å². The van der Waals surface area contributed by atoms with Gasteiger partial charge >= 0.3 is 0 Å². The Morgan fingerprint density at radius 2 is 2.10 bits per heavy atom. The average molecular weight is 287 g/mol. The monoisotopic (exact) mass is 287 g/mol. The van der Waals surface area contributed by atoms with Gasteiger partial charge in [-0.1, -0.05) is 25.1 Å². The van der Waals surface area contributed by atoms with Gasteiger partial charge in [-0.15, -0.1) is 5.10 Å². The van der Waals surface area contributed by atoms with Gasteiger partial charge in [0.15, 0.2) is 5.82 Å². The van der Waals surface area contributed by atoms with Crippen LogP contribution in [0.5, 0.6) is 5.75 Å².